The molecular weight excluding hydrogens is 318 g/mol. The second-order valence-corrected chi connectivity index (χ2v) is 7.90. The molecule has 1 aromatic heterocycles. The molecule has 1 aromatic carbocycles. The molecule has 0 aliphatic carbocycles. The van der Waals surface area contributed by atoms with E-state index in [4.69, 9.17) is 9.15 Å². The minimum atomic E-state index is -2.90. The molecule has 8 heteroatoms. The van der Waals surface area contributed by atoms with Gasteiger partial charge in [-0.15, -0.1) is 10.2 Å². The first kappa shape index (κ1) is 15.9. The van der Waals surface area contributed by atoms with Crippen LogP contribution in [0.2, 0.25) is 0 Å². The number of para-hydroxylation sites is 1. The molecule has 1 unspecified atom stereocenters. The van der Waals surface area contributed by atoms with Crippen LogP contribution in [0.15, 0.2) is 28.7 Å². The Balaban J connectivity index is 1.72. The number of nitrogens with zero attached hydrogens (tertiary/aromatic N) is 3. The van der Waals surface area contributed by atoms with Crippen LogP contribution in [-0.2, 0) is 16.4 Å². The Kier molecular flexibility index (Phi) is 4.36. The van der Waals surface area contributed by atoms with E-state index in [0.717, 1.165) is 5.56 Å². The summed E-state index contributed by atoms with van der Waals surface area (Å²) >= 11 is 0. The zero-order valence-corrected chi connectivity index (χ0v) is 13.9. The average Bonchev–Trinajstić information content (AvgIpc) is 3.13. The van der Waals surface area contributed by atoms with Gasteiger partial charge in [-0.05, 0) is 25.6 Å². The van der Waals surface area contributed by atoms with Crippen molar-refractivity contribution in [1.29, 1.82) is 0 Å². The van der Waals surface area contributed by atoms with E-state index in [1.807, 2.05) is 36.2 Å². The largest absolute Gasteiger partial charge is 0.496 e. The molecule has 1 aliphatic rings. The summed E-state index contributed by atoms with van der Waals surface area (Å²) < 4.78 is 34.1. The van der Waals surface area contributed by atoms with Gasteiger partial charge in [-0.2, -0.15) is 0 Å². The minimum absolute atomic E-state index is 0.00149. The highest BCUT2D eigenvalue weighted by atomic mass is 32.2. The Labute approximate surface area is 135 Å². The maximum Gasteiger partial charge on any atom is 0.251 e. The Hall–Kier alpha value is -1.93. The molecule has 0 saturated carbocycles. The Morgan fingerprint density at radius 1 is 1.35 bits per heavy atom. The van der Waals surface area contributed by atoms with Crippen LogP contribution in [-0.4, -0.2) is 55.2 Å². The first-order valence-electron chi connectivity index (χ1n) is 7.35. The molecule has 1 aliphatic heterocycles. The van der Waals surface area contributed by atoms with E-state index in [-0.39, 0.29) is 17.5 Å². The van der Waals surface area contributed by atoms with Gasteiger partial charge in [0, 0.05) is 6.04 Å². The second-order valence-electron chi connectivity index (χ2n) is 5.67. The first-order valence-corrected chi connectivity index (χ1v) is 9.17. The number of hydrogen-bond acceptors (Lipinski definition) is 7. The summed E-state index contributed by atoms with van der Waals surface area (Å²) in [4.78, 5) is 1.95. The quantitative estimate of drug-likeness (QED) is 0.814. The molecule has 23 heavy (non-hydrogen) atoms. The van der Waals surface area contributed by atoms with Crippen molar-refractivity contribution in [1.82, 2.24) is 15.1 Å². The maximum atomic E-state index is 11.6. The van der Waals surface area contributed by atoms with Crippen molar-refractivity contribution in [3.63, 3.8) is 0 Å². The van der Waals surface area contributed by atoms with Crippen LogP contribution < -0.4 is 4.74 Å². The molecule has 1 atom stereocenters. The van der Waals surface area contributed by atoms with E-state index in [1.54, 1.807) is 7.11 Å². The van der Waals surface area contributed by atoms with Gasteiger partial charge in [-0.3, -0.25) is 4.90 Å². The predicted octanol–water partition coefficient (Wildman–Crippen LogP) is 1.36. The lowest BCUT2D eigenvalue weighted by molar-refractivity contribution is 0.230. The highest BCUT2D eigenvalue weighted by molar-refractivity contribution is 7.91. The first-order chi connectivity index (χ1) is 11.0. The number of hydrogen-bond donors (Lipinski definition) is 0. The minimum Gasteiger partial charge on any atom is -0.496 e. The maximum absolute atomic E-state index is 11.6. The summed E-state index contributed by atoms with van der Waals surface area (Å²) in [6, 6.07) is 7.42. The molecule has 7 nitrogen and oxygen atoms in total. The molecule has 0 N–H and O–H groups in total. The van der Waals surface area contributed by atoms with E-state index in [9.17, 15) is 8.42 Å². The summed E-state index contributed by atoms with van der Waals surface area (Å²) in [5, 5.41) is 8.11. The molecule has 2 heterocycles. The van der Waals surface area contributed by atoms with Crippen molar-refractivity contribution >= 4 is 9.84 Å². The van der Waals surface area contributed by atoms with Crippen LogP contribution in [0.25, 0.3) is 11.5 Å². The third-order valence-electron chi connectivity index (χ3n) is 4.02. The van der Waals surface area contributed by atoms with Crippen molar-refractivity contribution in [2.24, 2.45) is 0 Å². The van der Waals surface area contributed by atoms with Gasteiger partial charge in [0.05, 0.1) is 30.7 Å². The number of ether oxygens (including phenoxy) is 1. The van der Waals surface area contributed by atoms with Crippen molar-refractivity contribution in [3.8, 4) is 17.2 Å². The van der Waals surface area contributed by atoms with Crippen molar-refractivity contribution in [2.45, 2.75) is 19.0 Å². The zero-order chi connectivity index (χ0) is 16.4. The summed E-state index contributed by atoms with van der Waals surface area (Å²) in [6.07, 6.45) is 0.645. The van der Waals surface area contributed by atoms with Gasteiger partial charge in [-0.25, -0.2) is 8.42 Å². The number of benzene rings is 1. The van der Waals surface area contributed by atoms with Crippen molar-refractivity contribution < 1.29 is 17.6 Å². The molecular formula is C15H19N3O4S. The lowest BCUT2D eigenvalue weighted by Gasteiger charge is -2.20. The zero-order valence-electron chi connectivity index (χ0n) is 13.1. The summed E-state index contributed by atoms with van der Waals surface area (Å²) in [5.74, 6) is 1.95. The standard InChI is InChI=1S/C15H19N3O4S/c1-18(11-7-8-23(19,20)10-11)9-14-16-17-15(22-14)12-5-3-4-6-13(12)21-2/h3-6,11H,7-10H2,1-2H3. The third-order valence-corrected chi connectivity index (χ3v) is 5.77. The Bertz CT molecular complexity index is 788. The molecule has 124 valence electrons. The van der Waals surface area contributed by atoms with Crippen LogP contribution >= 0.6 is 0 Å². The van der Waals surface area contributed by atoms with Gasteiger partial charge in [0.25, 0.3) is 5.89 Å². The highest BCUT2D eigenvalue weighted by Gasteiger charge is 2.31. The fourth-order valence-electron chi connectivity index (χ4n) is 2.71. The third kappa shape index (κ3) is 3.53. The topological polar surface area (TPSA) is 85.5 Å². The molecule has 0 radical (unpaired) electrons. The number of rotatable bonds is 5. The Morgan fingerprint density at radius 2 is 2.13 bits per heavy atom. The summed E-state index contributed by atoms with van der Waals surface area (Å²) in [7, 11) is 0.557. The van der Waals surface area contributed by atoms with Gasteiger partial charge >= 0.3 is 0 Å². The Morgan fingerprint density at radius 3 is 2.83 bits per heavy atom. The van der Waals surface area contributed by atoms with Crippen molar-refractivity contribution in [3.05, 3.63) is 30.2 Å². The second kappa shape index (κ2) is 6.29. The highest BCUT2D eigenvalue weighted by Crippen LogP contribution is 2.28. The van der Waals surface area contributed by atoms with Gasteiger partial charge in [0.15, 0.2) is 9.84 Å². The summed E-state index contributed by atoms with van der Waals surface area (Å²) in [6.45, 7) is 0.419. The number of methoxy groups -OCH3 is 1. The van der Waals surface area contributed by atoms with Gasteiger partial charge in [0.1, 0.15) is 5.75 Å². The van der Waals surface area contributed by atoms with Crippen LogP contribution in [0.4, 0.5) is 0 Å². The predicted molar refractivity (Wildman–Crippen MR) is 84.8 cm³/mol. The average molecular weight is 337 g/mol. The molecule has 2 aromatic rings. The van der Waals surface area contributed by atoms with Crippen molar-refractivity contribution in [2.75, 3.05) is 25.7 Å². The van der Waals surface area contributed by atoms with Gasteiger partial charge < -0.3 is 9.15 Å². The van der Waals surface area contributed by atoms with Crippen LogP contribution in [0.5, 0.6) is 5.75 Å². The van der Waals surface area contributed by atoms with E-state index in [2.05, 4.69) is 10.2 Å². The molecule has 3 rings (SSSR count). The molecule has 0 bridgehead atoms. The van der Waals surface area contributed by atoms with Gasteiger partial charge in [-0.1, -0.05) is 12.1 Å². The van der Waals surface area contributed by atoms with Gasteiger partial charge in [0.2, 0.25) is 5.89 Å². The number of aromatic nitrogens is 2. The van der Waals surface area contributed by atoms with E-state index in [1.165, 1.54) is 0 Å². The van der Waals surface area contributed by atoms with E-state index >= 15 is 0 Å². The van der Waals surface area contributed by atoms with Crippen LogP contribution in [0, 0.1) is 0 Å². The van der Waals surface area contributed by atoms with E-state index in [0.29, 0.717) is 30.5 Å². The fourth-order valence-corrected chi connectivity index (χ4v) is 4.52. The molecule has 0 amide bonds. The SMILES string of the molecule is COc1ccccc1-c1nnc(CN(C)C2CCS(=O)(=O)C2)o1. The monoisotopic (exact) mass is 337 g/mol. The lowest BCUT2D eigenvalue weighted by atomic mass is 10.2. The summed E-state index contributed by atoms with van der Waals surface area (Å²) in [5.41, 5.74) is 0.736. The molecule has 1 fully saturated rings. The molecule has 0 spiro atoms. The smallest absolute Gasteiger partial charge is 0.251 e. The lowest BCUT2D eigenvalue weighted by Crippen LogP contribution is -2.32. The molecule has 1 saturated heterocycles. The fraction of sp³-hybridized carbons (Fsp3) is 0.467. The van der Waals surface area contributed by atoms with Crippen LogP contribution in [0.3, 0.4) is 0 Å². The number of sulfone groups is 1. The normalized spacial score (nSPS) is 20.0. The van der Waals surface area contributed by atoms with E-state index < -0.39 is 9.84 Å². The van der Waals surface area contributed by atoms with Crippen LogP contribution in [0.1, 0.15) is 12.3 Å².